The standard InChI is InChI=1S/C21H22N8O2/c1-12(14-4-6-31-7-5-14)29-20-18(16(9-23)27-29)21(30)26-19(25-20)15-2-3-17(15)28-11-13(8-22)10-24-28/h10-12,14-15,17H,2-7H2,1H3,(H,25,26,30)/t12-,15+,17+/m1/s1. The van der Waals surface area contributed by atoms with Gasteiger partial charge in [0, 0.05) is 25.3 Å². The van der Waals surface area contributed by atoms with Crippen LogP contribution in [-0.4, -0.2) is 42.7 Å². The van der Waals surface area contributed by atoms with E-state index in [2.05, 4.69) is 28.2 Å². The fourth-order valence-electron chi connectivity index (χ4n) is 4.69. The van der Waals surface area contributed by atoms with E-state index in [1.165, 1.54) is 0 Å². The van der Waals surface area contributed by atoms with Crippen LogP contribution in [0.4, 0.5) is 0 Å². The molecule has 1 aliphatic heterocycles. The molecule has 2 fully saturated rings. The third-order valence-corrected chi connectivity index (χ3v) is 6.68. The summed E-state index contributed by atoms with van der Waals surface area (Å²) in [6, 6.07) is 4.17. The molecule has 5 rings (SSSR count). The first-order chi connectivity index (χ1) is 15.1. The molecule has 1 saturated carbocycles. The molecule has 0 aromatic carbocycles. The minimum absolute atomic E-state index is 0.00265. The molecule has 0 unspecified atom stereocenters. The minimum atomic E-state index is -0.342. The third-order valence-electron chi connectivity index (χ3n) is 6.68. The highest BCUT2D eigenvalue weighted by Gasteiger charge is 2.37. The number of H-pyrrole nitrogens is 1. The van der Waals surface area contributed by atoms with Crippen molar-refractivity contribution in [2.75, 3.05) is 13.2 Å². The maximum atomic E-state index is 12.9. The minimum Gasteiger partial charge on any atom is -0.381 e. The highest BCUT2D eigenvalue weighted by Crippen LogP contribution is 2.44. The molecule has 3 aromatic heterocycles. The number of nitrogens with one attached hydrogen (secondary N) is 1. The van der Waals surface area contributed by atoms with Crippen LogP contribution in [0.25, 0.3) is 11.0 Å². The monoisotopic (exact) mass is 418 g/mol. The third kappa shape index (κ3) is 3.20. The first kappa shape index (κ1) is 19.5. The maximum Gasteiger partial charge on any atom is 0.263 e. The van der Waals surface area contributed by atoms with Crippen molar-refractivity contribution >= 4 is 11.0 Å². The highest BCUT2D eigenvalue weighted by atomic mass is 16.5. The van der Waals surface area contributed by atoms with E-state index >= 15 is 0 Å². The summed E-state index contributed by atoms with van der Waals surface area (Å²) in [5.41, 5.74) is 0.721. The Morgan fingerprint density at radius 3 is 2.68 bits per heavy atom. The summed E-state index contributed by atoms with van der Waals surface area (Å²) >= 11 is 0. The smallest absolute Gasteiger partial charge is 0.263 e. The van der Waals surface area contributed by atoms with Crippen LogP contribution in [0.2, 0.25) is 0 Å². The van der Waals surface area contributed by atoms with Crippen LogP contribution in [0.15, 0.2) is 17.2 Å². The van der Waals surface area contributed by atoms with E-state index in [1.807, 2.05) is 6.07 Å². The molecule has 10 nitrogen and oxygen atoms in total. The molecule has 1 saturated heterocycles. The zero-order chi connectivity index (χ0) is 21.5. The van der Waals surface area contributed by atoms with E-state index in [4.69, 9.17) is 15.0 Å². The topological polar surface area (TPSA) is 138 Å². The summed E-state index contributed by atoms with van der Waals surface area (Å²) in [6.45, 7) is 3.47. The van der Waals surface area contributed by atoms with Gasteiger partial charge in [0.15, 0.2) is 11.3 Å². The summed E-state index contributed by atoms with van der Waals surface area (Å²) in [4.78, 5) is 20.6. The van der Waals surface area contributed by atoms with Gasteiger partial charge in [0.1, 0.15) is 23.3 Å². The molecular weight excluding hydrogens is 396 g/mol. The van der Waals surface area contributed by atoms with Gasteiger partial charge in [-0.05, 0) is 38.5 Å². The van der Waals surface area contributed by atoms with Crippen LogP contribution < -0.4 is 5.56 Å². The molecule has 0 amide bonds. The van der Waals surface area contributed by atoms with E-state index < -0.39 is 0 Å². The summed E-state index contributed by atoms with van der Waals surface area (Å²) < 4.78 is 9.00. The molecule has 1 N–H and O–H groups in total. The van der Waals surface area contributed by atoms with Crippen molar-refractivity contribution in [3.63, 3.8) is 0 Å². The molecule has 1 aliphatic carbocycles. The number of fused-ring (bicyclic) bond motifs is 1. The van der Waals surface area contributed by atoms with Crippen molar-refractivity contribution in [3.8, 4) is 12.1 Å². The lowest BCUT2D eigenvalue weighted by Gasteiger charge is -2.35. The number of hydrogen-bond donors (Lipinski definition) is 1. The Hall–Kier alpha value is -3.50. The predicted molar refractivity (Wildman–Crippen MR) is 109 cm³/mol. The van der Waals surface area contributed by atoms with E-state index in [9.17, 15) is 10.1 Å². The Morgan fingerprint density at radius 2 is 2.03 bits per heavy atom. The van der Waals surface area contributed by atoms with Gasteiger partial charge in [-0.1, -0.05) is 0 Å². The van der Waals surface area contributed by atoms with Crippen molar-refractivity contribution in [3.05, 3.63) is 39.8 Å². The molecule has 0 bridgehead atoms. The number of hydrogen-bond acceptors (Lipinski definition) is 7. The highest BCUT2D eigenvalue weighted by molar-refractivity contribution is 5.80. The van der Waals surface area contributed by atoms with Crippen molar-refractivity contribution in [1.82, 2.24) is 29.5 Å². The Morgan fingerprint density at radius 1 is 1.23 bits per heavy atom. The number of ether oxygens (including phenoxy) is 1. The van der Waals surface area contributed by atoms with Gasteiger partial charge < -0.3 is 9.72 Å². The molecule has 2 aliphatic rings. The van der Waals surface area contributed by atoms with Crippen molar-refractivity contribution in [2.45, 2.75) is 50.6 Å². The van der Waals surface area contributed by atoms with E-state index in [1.54, 1.807) is 21.8 Å². The second-order valence-electron chi connectivity index (χ2n) is 8.32. The van der Waals surface area contributed by atoms with Gasteiger partial charge in [-0.15, -0.1) is 0 Å². The van der Waals surface area contributed by atoms with Crippen LogP contribution in [0.1, 0.15) is 67.7 Å². The fourth-order valence-corrected chi connectivity index (χ4v) is 4.69. The number of rotatable bonds is 4. The molecular formula is C21H22N8O2. The van der Waals surface area contributed by atoms with Gasteiger partial charge in [0.05, 0.1) is 23.8 Å². The predicted octanol–water partition coefficient (Wildman–Crippen LogP) is 2.17. The Balaban J connectivity index is 1.55. The molecule has 158 valence electrons. The van der Waals surface area contributed by atoms with E-state index in [-0.39, 0.29) is 34.6 Å². The lowest BCUT2D eigenvalue weighted by atomic mass is 9.79. The van der Waals surface area contributed by atoms with Crippen LogP contribution in [-0.2, 0) is 4.74 Å². The second kappa shape index (κ2) is 7.64. The lowest BCUT2D eigenvalue weighted by Crippen LogP contribution is -2.31. The number of nitrogens with zero attached hydrogens (tertiary/aromatic N) is 7. The molecule has 0 radical (unpaired) electrons. The molecule has 3 atom stereocenters. The molecule has 0 spiro atoms. The van der Waals surface area contributed by atoms with Gasteiger partial charge in [0.2, 0.25) is 0 Å². The zero-order valence-corrected chi connectivity index (χ0v) is 17.2. The van der Waals surface area contributed by atoms with Crippen molar-refractivity contribution < 1.29 is 4.74 Å². The summed E-state index contributed by atoms with van der Waals surface area (Å²) in [6.07, 6.45) is 6.82. The largest absolute Gasteiger partial charge is 0.381 e. The number of nitriles is 2. The van der Waals surface area contributed by atoms with Crippen LogP contribution in [0.3, 0.4) is 0 Å². The molecule has 3 aromatic rings. The number of aromatic nitrogens is 6. The maximum absolute atomic E-state index is 12.9. The summed E-state index contributed by atoms with van der Waals surface area (Å²) in [5.74, 6) is 0.904. The average molecular weight is 418 g/mol. The normalized spacial score (nSPS) is 22.5. The fraction of sp³-hybridized carbons (Fsp3) is 0.524. The average Bonchev–Trinajstić information content (AvgIpc) is 3.38. The Kier molecular flexibility index (Phi) is 4.79. The van der Waals surface area contributed by atoms with E-state index in [0.717, 1.165) is 25.7 Å². The quantitative estimate of drug-likeness (QED) is 0.685. The van der Waals surface area contributed by atoms with Crippen molar-refractivity contribution in [1.29, 1.82) is 10.5 Å². The Labute approximate surface area is 178 Å². The lowest BCUT2D eigenvalue weighted by molar-refractivity contribution is 0.0501. The van der Waals surface area contributed by atoms with Gasteiger partial charge in [-0.25, -0.2) is 9.67 Å². The van der Waals surface area contributed by atoms with Gasteiger partial charge in [-0.3, -0.25) is 9.48 Å². The van der Waals surface area contributed by atoms with Crippen molar-refractivity contribution in [2.24, 2.45) is 5.92 Å². The Bertz CT molecular complexity index is 1270. The summed E-state index contributed by atoms with van der Waals surface area (Å²) in [5, 5.41) is 27.6. The first-order valence-corrected chi connectivity index (χ1v) is 10.5. The van der Waals surface area contributed by atoms with Gasteiger partial charge >= 0.3 is 0 Å². The van der Waals surface area contributed by atoms with Crippen LogP contribution in [0, 0.1) is 28.6 Å². The number of aromatic amines is 1. The molecule has 31 heavy (non-hydrogen) atoms. The van der Waals surface area contributed by atoms with Crippen LogP contribution >= 0.6 is 0 Å². The van der Waals surface area contributed by atoms with Gasteiger partial charge in [0.25, 0.3) is 5.56 Å². The molecule has 4 heterocycles. The second-order valence-corrected chi connectivity index (χ2v) is 8.32. The summed E-state index contributed by atoms with van der Waals surface area (Å²) in [7, 11) is 0. The SMILES string of the molecule is C[C@H](C1CCOCC1)n1nc(C#N)c2c(=O)[nH]c([C@H]3CC[C@@H]3n3cc(C#N)cn3)nc21. The zero-order valence-electron chi connectivity index (χ0n) is 17.2. The molecule has 10 heteroatoms. The van der Waals surface area contributed by atoms with E-state index in [0.29, 0.717) is 36.2 Å². The van der Waals surface area contributed by atoms with Crippen LogP contribution in [0.5, 0.6) is 0 Å². The van der Waals surface area contributed by atoms with Gasteiger partial charge in [-0.2, -0.15) is 20.7 Å². The first-order valence-electron chi connectivity index (χ1n) is 10.5.